The smallest absolute Gasteiger partial charge is 0.253 e. The maximum absolute atomic E-state index is 12.7. The lowest BCUT2D eigenvalue weighted by molar-refractivity contribution is -0.00300. The van der Waals surface area contributed by atoms with Crippen molar-refractivity contribution >= 4 is 16.9 Å². The van der Waals surface area contributed by atoms with Crippen molar-refractivity contribution in [1.29, 1.82) is 0 Å². The molecule has 25 heavy (non-hydrogen) atoms. The number of amides is 1. The van der Waals surface area contributed by atoms with Gasteiger partial charge in [-0.2, -0.15) is 0 Å². The summed E-state index contributed by atoms with van der Waals surface area (Å²) in [5, 5.41) is 3.12. The summed E-state index contributed by atoms with van der Waals surface area (Å²) in [6.45, 7) is 0.607. The number of ether oxygens (including phenoxy) is 1. The van der Waals surface area contributed by atoms with Crippen LogP contribution >= 0.6 is 0 Å². The van der Waals surface area contributed by atoms with Crippen LogP contribution in [0.15, 0.2) is 43.1 Å². The van der Waals surface area contributed by atoms with Crippen molar-refractivity contribution in [2.75, 3.05) is 6.61 Å². The highest BCUT2D eigenvalue weighted by Gasteiger charge is 2.27. The molecule has 1 aliphatic rings. The Labute approximate surface area is 145 Å². The summed E-state index contributed by atoms with van der Waals surface area (Å²) in [7, 11) is 1.95. The maximum atomic E-state index is 12.7. The molecule has 0 unspecified atom stereocenters. The zero-order valence-corrected chi connectivity index (χ0v) is 13.9. The molecular weight excluding hydrogens is 318 g/mol. The number of aromatic nitrogens is 4. The lowest BCUT2D eigenvalue weighted by Gasteiger charge is -2.30. The van der Waals surface area contributed by atoms with Gasteiger partial charge in [0.2, 0.25) is 0 Å². The zero-order valence-electron chi connectivity index (χ0n) is 13.9. The number of imidazole rings is 1. The van der Waals surface area contributed by atoms with E-state index in [1.807, 2.05) is 29.9 Å². The van der Waals surface area contributed by atoms with E-state index in [9.17, 15) is 4.79 Å². The molecule has 7 heteroatoms. The highest BCUT2D eigenvalue weighted by Crippen LogP contribution is 2.28. The van der Waals surface area contributed by atoms with Crippen LogP contribution < -0.4 is 5.32 Å². The fraction of sp³-hybridized carbons (Fsp3) is 0.333. The van der Waals surface area contributed by atoms with Crippen LogP contribution in [0, 0.1) is 0 Å². The first-order chi connectivity index (χ1) is 12.2. The van der Waals surface area contributed by atoms with E-state index in [2.05, 4.69) is 20.3 Å². The zero-order chi connectivity index (χ0) is 17.2. The van der Waals surface area contributed by atoms with Crippen molar-refractivity contribution in [3.05, 3.63) is 54.4 Å². The third kappa shape index (κ3) is 3.10. The van der Waals surface area contributed by atoms with Crippen LogP contribution in [0.1, 0.15) is 35.0 Å². The molecule has 1 fully saturated rings. The van der Waals surface area contributed by atoms with Crippen LogP contribution in [-0.2, 0) is 11.8 Å². The van der Waals surface area contributed by atoms with Crippen molar-refractivity contribution < 1.29 is 9.53 Å². The number of carbonyl (C=O) groups excluding carboxylic acids is 1. The number of benzene rings is 1. The SMILES string of the molecule is Cn1cncc1[C@@H]1C[C@H](NC(=O)c2cccc3nccnc23)CCO1. The Kier molecular flexibility index (Phi) is 4.15. The molecule has 4 rings (SSSR count). The molecule has 1 aromatic carbocycles. The molecule has 0 radical (unpaired) electrons. The summed E-state index contributed by atoms with van der Waals surface area (Å²) in [6.07, 6.45) is 8.26. The Morgan fingerprint density at radius 3 is 3.04 bits per heavy atom. The molecule has 2 aromatic heterocycles. The highest BCUT2D eigenvalue weighted by atomic mass is 16.5. The van der Waals surface area contributed by atoms with Gasteiger partial charge in [-0.25, -0.2) is 4.98 Å². The number of hydrogen-bond acceptors (Lipinski definition) is 5. The molecule has 1 amide bonds. The summed E-state index contributed by atoms with van der Waals surface area (Å²) in [6, 6.07) is 5.51. The fourth-order valence-electron chi connectivity index (χ4n) is 3.25. The van der Waals surface area contributed by atoms with Gasteiger partial charge < -0.3 is 14.6 Å². The Bertz CT molecular complexity index is 902. The molecule has 1 aliphatic heterocycles. The molecule has 0 spiro atoms. The number of hydrogen-bond donors (Lipinski definition) is 1. The number of para-hydroxylation sites is 1. The topological polar surface area (TPSA) is 81.9 Å². The van der Waals surface area contributed by atoms with Crippen LogP contribution in [0.4, 0.5) is 0 Å². The average Bonchev–Trinajstić information content (AvgIpc) is 3.07. The lowest BCUT2D eigenvalue weighted by Crippen LogP contribution is -2.40. The fourth-order valence-corrected chi connectivity index (χ4v) is 3.25. The van der Waals surface area contributed by atoms with Crippen LogP contribution in [0.5, 0.6) is 0 Å². The van der Waals surface area contributed by atoms with E-state index < -0.39 is 0 Å². The summed E-state index contributed by atoms with van der Waals surface area (Å²) >= 11 is 0. The van der Waals surface area contributed by atoms with Gasteiger partial charge in [-0.3, -0.25) is 14.8 Å². The number of rotatable bonds is 3. The van der Waals surface area contributed by atoms with Gasteiger partial charge in [0.25, 0.3) is 5.91 Å². The summed E-state index contributed by atoms with van der Waals surface area (Å²) in [5.74, 6) is -0.123. The van der Waals surface area contributed by atoms with Gasteiger partial charge in [-0.15, -0.1) is 0 Å². The molecule has 0 saturated carbocycles. The molecule has 2 atom stereocenters. The highest BCUT2D eigenvalue weighted by molar-refractivity contribution is 6.04. The number of nitrogens with one attached hydrogen (secondary N) is 1. The van der Waals surface area contributed by atoms with Crippen LogP contribution in [0.2, 0.25) is 0 Å². The molecule has 128 valence electrons. The largest absolute Gasteiger partial charge is 0.372 e. The van der Waals surface area contributed by atoms with E-state index in [1.165, 1.54) is 0 Å². The quantitative estimate of drug-likeness (QED) is 0.791. The van der Waals surface area contributed by atoms with Gasteiger partial charge in [0.1, 0.15) is 11.6 Å². The monoisotopic (exact) mass is 337 g/mol. The van der Waals surface area contributed by atoms with E-state index in [4.69, 9.17) is 4.74 Å². The van der Waals surface area contributed by atoms with Gasteiger partial charge in [0, 0.05) is 32.1 Å². The summed E-state index contributed by atoms with van der Waals surface area (Å²) < 4.78 is 7.81. The average molecular weight is 337 g/mol. The standard InChI is InChI=1S/C18H19N5O2/c1-23-11-19-10-15(23)16-9-12(5-8-25-16)22-18(24)13-3-2-4-14-17(13)21-7-6-20-14/h2-4,6-7,10-12,16H,5,8-9H2,1H3,(H,22,24)/t12-,16+/m1/s1. The third-order valence-electron chi connectivity index (χ3n) is 4.55. The molecule has 0 aliphatic carbocycles. The second-order valence-electron chi connectivity index (χ2n) is 6.21. The molecule has 3 heterocycles. The van der Waals surface area contributed by atoms with Crippen molar-refractivity contribution in [3.8, 4) is 0 Å². The molecule has 0 bridgehead atoms. The number of carbonyl (C=O) groups is 1. The second-order valence-corrected chi connectivity index (χ2v) is 6.21. The Balaban J connectivity index is 1.51. The van der Waals surface area contributed by atoms with E-state index in [-0.39, 0.29) is 18.1 Å². The first-order valence-electron chi connectivity index (χ1n) is 8.31. The molecule has 1 N–H and O–H groups in total. The first-order valence-corrected chi connectivity index (χ1v) is 8.31. The molecule has 3 aromatic rings. The molecule has 1 saturated heterocycles. The van der Waals surface area contributed by atoms with Gasteiger partial charge in [0.15, 0.2) is 0 Å². The minimum Gasteiger partial charge on any atom is -0.372 e. The molecule has 7 nitrogen and oxygen atoms in total. The van der Waals surface area contributed by atoms with Gasteiger partial charge in [-0.05, 0) is 25.0 Å². The van der Waals surface area contributed by atoms with Crippen LogP contribution in [0.3, 0.4) is 0 Å². The maximum Gasteiger partial charge on any atom is 0.253 e. The van der Waals surface area contributed by atoms with Gasteiger partial charge in [0.05, 0.1) is 29.3 Å². The van der Waals surface area contributed by atoms with Gasteiger partial charge >= 0.3 is 0 Å². The normalized spacial score (nSPS) is 20.5. The molecular formula is C18H19N5O2. The Morgan fingerprint density at radius 2 is 2.20 bits per heavy atom. The van der Waals surface area contributed by atoms with Crippen molar-refractivity contribution in [2.45, 2.75) is 25.0 Å². The van der Waals surface area contributed by atoms with Gasteiger partial charge in [-0.1, -0.05) is 6.07 Å². The summed E-state index contributed by atoms with van der Waals surface area (Å²) in [5.41, 5.74) is 2.91. The number of fused-ring (bicyclic) bond motifs is 1. The predicted octanol–water partition coefficient (Wildman–Crippen LogP) is 2.01. The van der Waals surface area contributed by atoms with Crippen LogP contribution in [-0.4, -0.2) is 38.1 Å². The third-order valence-corrected chi connectivity index (χ3v) is 4.55. The number of aryl methyl sites for hydroxylation is 1. The predicted molar refractivity (Wildman–Crippen MR) is 91.9 cm³/mol. The van der Waals surface area contributed by atoms with E-state index in [1.54, 1.807) is 24.8 Å². The van der Waals surface area contributed by atoms with E-state index in [0.717, 1.165) is 24.1 Å². The van der Waals surface area contributed by atoms with Crippen molar-refractivity contribution in [3.63, 3.8) is 0 Å². The summed E-state index contributed by atoms with van der Waals surface area (Å²) in [4.78, 5) is 25.5. The Hall–Kier alpha value is -2.80. The first kappa shape index (κ1) is 15.7. The second kappa shape index (κ2) is 6.60. The van der Waals surface area contributed by atoms with E-state index >= 15 is 0 Å². The Morgan fingerprint density at radius 1 is 1.32 bits per heavy atom. The van der Waals surface area contributed by atoms with E-state index in [0.29, 0.717) is 17.7 Å². The van der Waals surface area contributed by atoms with Crippen molar-refractivity contribution in [2.24, 2.45) is 7.05 Å². The lowest BCUT2D eigenvalue weighted by atomic mass is 10.0. The van der Waals surface area contributed by atoms with Crippen molar-refractivity contribution in [1.82, 2.24) is 24.8 Å². The minimum absolute atomic E-state index is 0.0491. The number of nitrogens with zero attached hydrogens (tertiary/aromatic N) is 4. The minimum atomic E-state index is -0.123. The van der Waals surface area contributed by atoms with Crippen LogP contribution in [0.25, 0.3) is 11.0 Å².